The van der Waals surface area contributed by atoms with E-state index in [1.165, 1.54) is 5.56 Å². The van der Waals surface area contributed by atoms with Crippen LogP contribution in [0.4, 0.5) is 0 Å². The summed E-state index contributed by atoms with van der Waals surface area (Å²) in [6, 6.07) is 8.15. The third kappa shape index (κ3) is 3.51. The number of hydrogen-bond donors (Lipinski definition) is 0. The van der Waals surface area contributed by atoms with Crippen LogP contribution in [0.15, 0.2) is 24.3 Å². The van der Waals surface area contributed by atoms with Crippen LogP contribution in [0.25, 0.3) is 10.6 Å². The standard InChI is InChI=1S/C13H14N2O3S/c1-9-3-5-11(6-4-9)13-14-10(2)12(19-13)7-8-18-15(16)17/h3-6H,7-8H2,1-2H3. The molecule has 0 aliphatic heterocycles. The van der Waals surface area contributed by atoms with E-state index >= 15 is 0 Å². The first-order valence-electron chi connectivity index (χ1n) is 5.87. The second-order valence-electron chi connectivity index (χ2n) is 4.20. The maximum Gasteiger partial charge on any atom is 0.294 e. The summed E-state index contributed by atoms with van der Waals surface area (Å²) in [5, 5.41) is 10.3. The first-order valence-corrected chi connectivity index (χ1v) is 6.68. The molecule has 5 nitrogen and oxygen atoms in total. The van der Waals surface area contributed by atoms with Gasteiger partial charge in [0.2, 0.25) is 0 Å². The van der Waals surface area contributed by atoms with E-state index in [1.807, 2.05) is 38.1 Å². The predicted molar refractivity (Wildman–Crippen MR) is 73.7 cm³/mol. The van der Waals surface area contributed by atoms with E-state index in [-0.39, 0.29) is 6.61 Å². The van der Waals surface area contributed by atoms with Crippen molar-refractivity contribution in [1.82, 2.24) is 4.98 Å². The monoisotopic (exact) mass is 278 g/mol. The predicted octanol–water partition coefficient (Wildman–Crippen LogP) is 3.18. The van der Waals surface area contributed by atoms with Crippen LogP contribution in [0.5, 0.6) is 0 Å². The van der Waals surface area contributed by atoms with Crippen LogP contribution in [0, 0.1) is 24.0 Å². The quantitative estimate of drug-likeness (QED) is 0.622. The normalized spacial score (nSPS) is 10.4. The number of aromatic nitrogens is 1. The Morgan fingerprint density at radius 3 is 2.63 bits per heavy atom. The summed E-state index contributed by atoms with van der Waals surface area (Å²) in [6.45, 7) is 4.02. The zero-order valence-electron chi connectivity index (χ0n) is 10.8. The number of nitrogens with zero attached hydrogens (tertiary/aromatic N) is 2. The third-order valence-corrected chi connectivity index (χ3v) is 3.98. The first kappa shape index (κ1) is 13.5. The average Bonchev–Trinajstić information content (AvgIpc) is 2.71. The van der Waals surface area contributed by atoms with Crippen LogP contribution in [0.2, 0.25) is 0 Å². The molecule has 1 aromatic carbocycles. The molecular formula is C13H14N2O3S. The van der Waals surface area contributed by atoms with E-state index in [4.69, 9.17) is 0 Å². The minimum absolute atomic E-state index is 0.0728. The molecule has 0 fully saturated rings. The molecule has 1 aromatic heterocycles. The van der Waals surface area contributed by atoms with Crippen molar-refractivity contribution in [3.63, 3.8) is 0 Å². The van der Waals surface area contributed by atoms with Gasteiger partial charge < -0.3 is 4.84 Å². The molecule has 0 unspecified atom stereocenters. The number of aryl methyl sites for hydroxylation is 2. The summed E-state index contributed by atoms with van der Waals surface area (Å²) in [5.41, 5.74) is 3.18. The largest absolute Gasteiger partial charge is 0.314 e. The Bertz CT molecular complexity index is 578. The third-order valence-electron chi connectivity index (χ3n) is 2.72. The van der Waals surface area contributed by atoms with Crippen molar-refractivity contribution in [2.45, 2.75) is 20.3 Å². The van der Waals surface area contributed by atoms with Gasteiger partial charge in [-0.25, -0.2) is 4.98 Å². The lowest BCUT2D eigenvalue weighted by Crippen LogP contribution is -2.04. The Kier molecular flexibility index (Phi) is 4.11. The van der Waals surface area contributed by atoms with Crippen LogP contribution >= 0.6 is 11.3 Å². The lowest BCUT2D eigenvalue weighted by atomic mass is 10.2. The lowest BCUT2D eigenvalue weighted by molar-refractivity contribution is -0.757. The van der Waals surface area contributed by atoms with Gasteiger partial charge in [0.15, 0.2) is 0 Å². The molecule has 19 heavy (non-hydrogen) atoms. The van der Waals surface area contributed by atoms with Gasteiger partial charge in [-0.15, -0.1) is 21.5 Å². The van der Waals surface area contributed by atoms with Gasteiger partial charge in [0.25, 0.3) is 5.09 Å². The summed E-state index contributed by atoms with van der Waals surface area (Å²) in [5.74, 6) is 0. The molecule has 0 spiro atoms. The smallest absolute Gasteiger partial charge is 0.294 e. The van der Waals surface area contributed by atoms with Crippen molar-refractivity contribution in [3.8, 4) is 10.6 Å². The molecule has 0 amide bonds. The molecule has 0 aliphatic carbocycles. The van der Waals surface area contributed by atoms with Crippen molar-refractivity contribution < 1.29 is 9.92 Å². The fourth-order valence-corrected chi connectivity index (χ4v) is 2.74. The number of rotatable bonds is 5. The van der Waals surface area contributed by atoms with Gasteiger partial charge >= 0.3 is 0 Å². The van der Waals surface area contributed by atoms with Crippen molar-refractivity contribution >= 4 is 11.3 Å². The summed E-state index contributed by atoms with van der Waals surface area (Å²) in [4.78, 5) is 20.0. The molecule has 0 aliphatic rings. The van der Waals surface area contributed by atoms with Gasteiger partial charge in [-0.1, -0.05) is 29.8 Å². The highest BCUT2D eigenvalue weighted by Crippen LogP contribution is 2.28. The molecule has 2 aromatic rings. The molecule has 1 heterocycles. The van der Waals surface area contributed by atoms with Gasteiger partial charge in [-0.3, -0.25) is 0 Å². The Balaban J connectivity index is 2.12. The Labute approximate surface area is 115 Å². The topological polar surface area (TPSA) is 65.3 Å². The highest BCUT2D eigenvalue weighted by Gasteiger charge is 2.09. The van der Waals surface area contributed by atoms with E-state index in [2.05, 4.69) is 9.82 Å². The summed E-state index contributed by atoms with van der Waals surface area (Å²) < 4.78 is 0. The second-order valence-corrected chi connectivity index (χ2v) is 5.28. The van der Waals surface area contributed by atoms with Gasteiger partial charge in [0, 0.05) is 16.9 Å². The van der Waals surface area contributed by atoms with Gasteiger partial charge in [-0.05, 0) is 13.8 Å². The van der Waals surface area contributed by atoms with Crippen molar-refractivity contribution in [3.05, 3.63) is 50.5 Å². The van der Waals surface area contributed by atoms with E-state index in [0.29, 0.717) is 6.42 Å². The molecule has 2 rings (SSSR count). The number of benzene rings is 1. The van der Waals surface area contributed by atoms with Crippen molar-refractivity contribution in [2.75, 3.05) is 6.61 Å². The highest BCUT2D eigenvalue weighted by atomic mass is 32.1. The van der Waals surface area contributed by atoms with Crippen LogP contribution in [0.1, 0.15) is 16.1 Å². The summed E-state index contributed by atoms with van der Waals surface area (Å²) in [7, 11) is 0. The van der Waals surface area contributed by atoms with E-state index in [0.717, 1.165) is 21.1 Å². The Morgan fingerprint density at radius 1 is 1.32 bits per heavy atom. The zero-order valence-corrected chi connectivity index (χ0v) is 11.6. The molecule has 0 saturated heterocycles. The SMILES string of the molecule is Cc1ccc(-c2nc(C)c(CCO[N+](=O)[O-])s2)cc1. The number of thiazole rings is 1. The second kappa shape index (κ2) is 5.79. The number of hydrogen-bond acceptors (Lipinski definition) is 5. The van der Waals surface area contributed by atoms with Crippen LogP contribution in [-0.2, 0) is 11.3 Å². The lowest BCUT2D eigenvalue weighted by Gasteiger charge is -1.97. The van der Waals surface area contributed by atoms with Crippen LogP contribution in [-0.4, -0.2) is 16.7 Å². The fraction of sp³-hybridized carbons (Fsp3) is 0.308. The van der Waals surface area contributed by atoms with Gasteiger partial charge in [0.05, 0.1) is 5.69 Å². The molecule has 0 atom stereocenters. The fourth-order valence-electron chi connectivity index (χ4n) is 1.69. The molecule has 0 radical (unpaired) electrons. The van der Waals surface area contributed by atoms with E-state index in [1.54, 1.807) is 11.3 Å². The van der Waals surface area contributed by atoms with Crippen molar-refractivity contribution in [1.29, 1.82) is 0 Å². The summed E-state index contributed by atoms with van der Waals surface area (Å²) in [6.07, 6.45) is 0.510. The zero-order chi connectivity index (χ0) is 13.8. The first-order chi connectivity index (χ1) is 9.06. The molecule has 0 N–H and O–H groups in total. The molecule has 6 heteroatoms. The minimum Gasteiger partial charge on any atom is -0.314 e. The molecular weight excluding hydrogens is 264 g/mol. The van der Waals surface area contributed by atoms with Crippen molar-refractivity contribution in [2.24, 2.45) is 0 Å². The van der Waals surface area contributed by atoms with E-state index in [9.17, 15) is 10.1 Å². The van der Waals surface area contributed by atoms with Crippen LogP contribution < -0.4 is 0 Å². The minimum atomic E-state index is -0.767. The van der Waals surface area contributed by atoms with Gasteiger partial charge in [0.1, 0.15) is 11.6 Å². The molecule has 0 saturated carbocycles. The maximum atomic E-state index is 10.1. The molecule has 0 bridgehead atoms. The Hall–Kier alpha value is -1.95. The summed E-state index contributed by atoms with van der Waals surface area (Å²) >= 11 is 1.56. The molecule has 100 valence electrons. The van der Waals surface area contributed by atoms with Crippen LogP contribution in [0.3, 0.4) is 0 Å². The average molecular weight is 278 g/mol. The Morgan fingerprint density at radius 2 is 2.00 bits per heavy atom. The van der Waals surface area contributed by atoms with E-state index < -0.39 is 5.09 Å². The van der Waals surface area contributed by atoms with Gasteiger partial charge in [-0.2, -0.15) is 0 Å². The maximum absolute atomic E-state index is 10.1. The highest BCUT2D eigenvalue weighted by molar-refractivity contribution is 7.15.